The fraction of sp³-hybridized carbons (Fsp3) is 0.533. The minimum absolute atomic E-state index is 0.102. The molecular formula is C15H24NO3S+. The van der Waals surface area contributed by atoms with Crippen molar-refractivity contribution in [1.82, 2.24) is 5.32 Å². The van der Waals surface area contributed by atoms with Crippen LogP contribution in [0, 0.1) is 0 Å². The van der Waals surface area contributed by atoms with Crippen LogP contribution in [0.25, 0.3) is 0 Å². The van der Waals surface area contributed by atoms with Gasteiger partial charge in [0.15, 0.2) is 11.5 Å². The van der Waals surface area contributed by atoms with Gasteiger partial charge in [0.25, 0.3) is 0 Å². The largest absolute Gasteiger partial charge is 0.493 e. The monoisotopic (exact) mass is 298 g/mol. The lowest BCUT2D eigenvalue weighted by molar-refractivity contribution is -0.121. The van der Waals surface area contributed by atoms with E-state index in [1.807, 2.05) is 18.2 Å². The van der Waals surface area contributed by atoms with Crippen molar-refractivity contribution in [2.75, 3.05) is 32.5 Å². The van der Waals surface area contributed by atoms with E-state index in [0.717, 1.165) is 17.7 Å². The number of hydrogen-bond donors (Lipinski definition) is 1. The fourth-order valence-electron chi connectivity index (χ4n) is 1.80. The number of rotatable bonds is 8. The van der Waals surface area contributed by atoms with Gasteiger partial charge >= 0.3 is 0 Å². The lowest BCUT2D eigenvalue weighted by atomic mass is 10.2. The van der Waals surface area contributed by atoms with Crippen molar-refractivity contribution in [3.63, 3.8) is 0 Å². The van der Waals surface area contributed by atoms with Gasteiger partial charge in [0.1, 0.15) is 5.75 Å². The molecule has 0 radical (unpaired) electrons. The molecule has 1 N–H and O–H groups in total. The van der Waals surface area contributed by atoms with E-state index in [-0.39, 0.29) is 5.91 Å². The van der Waals surface area contributed by atoms with E-state index < -0.39 is 0 Å². The van der Waals surface area contributed by atoms with Gasteiger partial charge in [0.2, 0.25) is 5.91 Å². The van der Waals surface area contributed by atoms with Crippen molar-refractivity contribution in [3.8, 4) is 11.5 Å². The molecule has 5 heteroatoms. The smallest absolute Gasteiger partial charge is 0.220 e. The molecule has 0 saturated heterocycles. The number of amides is 1. The molecule has 1 amide bonds. The molecule has 0 aliphatic rings. The summed E-state index contributed by atoms with van der Waals surface area (Å²) in [7, 11) is 3.62. The molecule has 20 heavy (non-hydrogen) atoms. The molecule has 1 rings (SSSR count). The maximum absolute atomic E-state index is 11.7. The Kier molecular flexibility index (Phi) is 7.30. The van der Waals surface area contributed by atoms with E-state index in [1.165, 1.54) is 0 Å². The second-order valence-corrected chi connectivity index (χ2v) is 7.14. The predicted molar refractivity (Wildman–Crippen MR) is 84.7 cm³/mol. The van der Waals surface area contributed by atoms with Crippen molar-refractivity contribution in [1.29, 1.82) is 0 Å². The topological polar surface area (TPSA) is 47.6 Å². The number of carbonyl (C=O) groups excluding carboxylic acids is 1. The third-order valence-corrected chi connectivity index (χ3v) is 4.00. The Morgan fingerprint density at radius 1 is 1.20 bits per heavy atom. The summed E-state index contributed by atoms with van der Waals surface area (Å²) >= 11 is 0. The third kappa shape index (κ3) is 5.74. The summed E-state index contributed by atoms with van der Waals surface area (Å²) in [6.07, 6.45) is 5.94. The number of hydrogen-bond acceptors (Lipinski definition) is 3. The van der Waals surface area contributed by atoms with Crippen molar-refractivity contribution < 1.29 is 14.3 Å². The quantitative estimate of drug-likeness (QED) is 0.747. The Morgan fingerprint density at radius 2 is 1.90 bits per heavy atom. The molecule has 0 atom stereocenters. The third-order valence-electron chi connectivity index (χ3n) is 2.89. The first-order valence-corrected chi connectivity index (χ1v) is 8.79. The molecule has 0 heterocycles. The Balaban J connectivity index is 2.43. The number of nitrogens with one attached hydrogen (secondary N) is 1. The van der Waals surface area contributed by atoms with Crippen LogP contribution in [0.3, 0.4) is 0 Å². The first-order valence-electron chi connectivity index (χ1n) is 6.58. The molecule has 0 spiro atoms. The van der Waals surface area contributed by atoms with Crippen molar-refractivity contribution in [2.45, 2.75) is 19.4 Å². The zero-order valence-electron chi connectivity index (χ0n) is 12.7. The lowest BCUT2D eigenvalue weighted by Crippen LogP contribution is -2.23. The van der Waals surface area contributed by atoms with Crippen LogP contribution in [-0.2, 0) is 22.2 Å². The molecule has 0 fully saturated rings. The van der Waals surface area contributed by atoms with Gasteiger partial charge in [-0.05, 0) is 28.6 Å². The second kappa shape index (κ2) is 8.74. The molecule has 0 bridgehead atoms. The van der Waals surface area contributed by atoms with Crippen LogP contribution in [0.2, 0.25) is 0 Å². The van der Waals surface area contributed by atoms with E-state index in [1.54, 1.807) is 14.2 Å². The molecular weight excluding hydrogens is 274 g/mol. The van der Waals surface area contributed by atoms with Crippen LogP contribution in [0.4, 0.5) is 0 Å². The summed E-state index contributed by atoms with van der Waals surface area (Å²) in [6.45, 7) is 0.517. The minimum atomic E-state index is 0.102. The molecule has 0 aromatic heterocycles. The van der Waals surface area contributed by atoms with Gasteiger partial charge in [-0.3, -0.25) is 4.79 Å². The van der Waals surface area contributed by atoms with Crippen LogP contribution in [0.15, 0.2) is 18.2 Å². The van der Waals surface area contributed by atoms with Crippen LogP contribution >= 0.6 is 0 Å². The SMILES string of the molecule is COc1ccc(CNC(=O)CCC[S+](C)C)cc1OC. The molecule has 1 aromatic carbocycles. The summed E-state index contributed by atoms with van der Waals surface area (Å²) in [5, 5.41) is 2.93. The highest BCUT2D eigenvalue weighted by molar-refractivity contribution is 7.95. The van der Waals surface area contributed by atoms with Gasteiger partial charge in [-0.2, -0.15) is 0 Å². The molecule has 0 unspecified atom stereocenters. The standard InChI is InChI=1S/C15H23NO3S/c1-18-13-8-7-12(10-14(13)19-2)11-16-15(17)6-5-9-20(3)4/h7-8,10H,5-6,9,11H2,1-4H3/p+1. The molecule has 0 saturated carbocycles. The zero-order chi connectivity index (χ0) is 15.0. The Labute approximate surface area is 124 Å². The maximum atomic E-state index is 11.7. The molecule has 112 valence electrons. The summed E-state index contributed by atoms with van der Waals surface area (Å²) < 4.78 is 10.4. The Bertz CT molecular complexity index is 435. The molecule has 4 nitrogen and oxygen atoms in total. The summed E-state index contributed by atoms with van der Waals surface area (Å²) in [4.78, 5) is 11.7. The highest BCUT2D eigenvalue weighted by atomic mass is 32.2. The number of methoxy groups -OCH3 is 2. The van der Waals surface area contributed by atoms with Crippen molar-refractivity contribution in [2.24, 2.45) is 0 Å². The summed E-state index contributed by atoms with van der Waals surface area (Å²) in [6, 6.07) is 5.66. The Hall–Kier alpha value is -1.36. The summed E-state index contributed by atoms with van der Waals surface area (Å²) in [5.74, 6) is 2.59. The average molecular weight is 298 g/mol. The first kappa shape index (κ1) is 16.7. The summed E-state index contributed by atoms with van der Waals surface area (Å²) in [5.41, 5.74) is 1.00. The predicted octanol–water partition coefficient (Wildman–Crippen LogP) is 1.98. The van der Waals surface area contributed by atoms with E-state index in [4.69, 9.17) is 9.47 Å². The number of ether oxygens (including phenoxy) is 2. The highest BCUT2D eigenvalue weighted by Gasteiger charge is 2.08. The van der Waals surface area contributed by atoms with Crippen molar-refractivity contribution in [3.05, 3.63) is 23.8 Å². The van der Waals surface area contributed by atoms with Crippen molar-refractivity contribution >= 4 is 16.8 Å². The van der Waals surface area contributed by atoms with Crippen LogP contribution in [-0.4, -0.2) is 38.4 Å². The highest BCUT2D eigenvalue weighted by Crippen LogP contribution is 2.27. The number of benzene rings is 1. The van der Waals surface area contributed by atoms with Gasteiger partial charge < -0.3 is 14.8 Å². The normalized spacial score (nSPS) is 10.4. The molecule has 0 aliphatic heterocycles. The van der Waals surface area contributed by atoms with E-state index >= 15 is 0 Å². The first-order chi connectivity index (χ1) is 9.56. The second-order valence-electron chi connectivity index (χ2n) is 4.76. The molecule has 0 aliphatic carbocycles. The minimum Gasteiger partial charge on any atom is -0.493 e. The van der Waals surface area contributed by atoms with Crippen LogP contribution < -0.4 is 14.8 Å². The van der Waals surface area contributed by atoms with E-state index in [9.17, 15) is 4.79 Å². The fourth-order valence-corrected chi connectivity index (χ4v) is 2.52. The van der Waals surface area contributed by atoms with E-state index in [2.05, 4.69) is 17.8 Å². The van der Waals surface area contributed by atoms with Gasteiger partial charge in [-0.25, -0.2) is 0 Å². The Morgan fingerprint density at radius 3 is 2.50 bits per heavy atom. The maximum Gasteiger partial charge on any atom is 0.220 e. The van der Waals surface area contributed by atoms with E-state index in [0.29, 0.717) is 35.4 Å². The number of carbonyl (C=O) groups is 1. The van der Waals surface area contributed by atoms with Gasteiger partial charge in [0, 0.05) is 19.4 Å². The molecule has 1 aromatic rings. The van der Waals surface area contributed by atoms with Gasteiger partial charge in [0.05, 0.1) is 26.7 Å². The van der Waals surface area contributed by atoms with Gasteiger partial charge in [-0.15, -0.1) is 0 Å². The van der Waals surface area contributed by atoms with Crippen LogP contribution in [0.1, 0.15) is 18.4 Å². The van der Waals surface area contributed by atoms with Crippen LogP contribution in [0.5, 0.6) is 11.5 Å². The zero-order valence-corrected chi connectivity index (χ0v) is 13.5. The average Bonchev–Trinajstić information content (AvgIpc) is 2.44. The van der Waals surface area contributed by atoms with Gasteiger partial charge in [-0.1, -0.05) is 6.07 Å². The lowest BCUT2D eigenvalue weighted by Gasteiger charge is -2.10.